The fourth-order valence-corrected chi connectivity index (χ4v) is 5.53. The van der Waals surface area contributed by atoms with Crippen molar-refractivity contribution in [2.24, 2.45) is 4.99 Å². The molecule has 26 heavy (non-hydrogen) atoms. The third-order valence-electron chi connectivity index (χ3n) is 5.25. The van der Waals surface area contributed by atoms with Gasteiger partial charge < -0.3 is 10.6 Å². The number of rotatable bonds is 5. The van der Waals surface area contributed by atoms with Crippen LogP contribution in [0, 0.1) is 0 Å². The van der Waals surface area contributed by atoms with Crippen molar-refractivity contribution in [2.45, 2.75) is 44.1 Å². The monoisotopic (exact) mass is 387 g/mol. The first-order valence-corrected chi connectivity index (χ1v) is 10.9. The third-order valence-corrected chi connectivity index (χ3v) is 7.14. The highest BCUT2D eigenvalue weighted by Crippen LogP contribution is 2.41. The van der Waals surface area contributed by atoms with E-state index < -0.39 is 0 Å². The number of aliphatic imine (C=N–C) groups is 1. The second-order valence-electron chi connectivity index (χ2n) is 6.92. The van der Waals surface area contributed by atoms with Gasteiger partial charge >= 0.3 is 0 Å². The number of imidazole rings is 1. The zero-order chi connectivity index (χ0) is 17.8. The molecular weight excluding hydrogens is 362 g/mol. The Labute approximate surface area is 162 Å². The lowest BCUT2D eigenvalue weighted by molar-refractivity contribution is 0.296. The van der Waals surface area contributed by atoms with Crippen molar-refractivity contribution in [3.05, 3.63) is 45.9 Å². The Morgan fingerprint density at radius 1 is 1.23 bits per heavy atom. The molecule has 7 heteroatoms. The molecule has 0 saturated heterocycles. The fraction of sp³-hybridized carbons (Fsp3) is 0.474. The lowest BCUT2D eigenvalue weighted by Crippen LogP contribution is -2.46. The second kappa shape index (κ2) is 7.80. The Morgan fingerprint density at radius 2 is 2.12 bits per heavy atom. The minimum atomic E-state index is 0.251. The van der Waals surface area contributed by atoms with Crippen LogP contribution < -0.4 is 10.6 Å². The molecule has 138 valence electrons. The summed E-state index contributed by atoms with van der Waals surface area (Å²) in [6, 6.07) is 4.47. The van der Waals surface area contributed by atoms with Crippen molar-refractivity contribution in [1.82, 2.24) is 20.0 Å². The minimum Gasteiger partial charge on any atom is -0.355 e. The molecule has 3 aromatic rings. The number of nitrogens with one attached hydrogen (secondary N) is 2. The predicted molar refractivity (Wildman–Crippen MR) is 110 cm³/mol. The first-order chi connectivity index (χ1) is 12.8. The molecule has 2 N–H and O–H groups in total. The van der Waals surface area contributed by atoms with E-state index >= 15 is 0 Å². The van der Waals surface area contributed by atoms with Gasteiger partial charge in [-0.05, 0) is 24.3 Å². The maximum atomic E-state index is 4.62. The molecule has 0 unspecified atom stereocenters. The molecule has 1 fully saturated rings. The van der Waals surface area contributed by atoms with Crippen LogP contribution in [0.15, 0.2) is 40.3 Å². The summed E-state index contributed by atoms with van der Waals surface area (Å²) >= 11 is 3.54. The zero-order valence-electron chi connectivity index (χ0n) is 15.1. The van der Waals surface area contributed by atoms with Gasteiger partial charge in [0, 0.05) is 41.7 Å². The summed E-state index contributed by atoms with van der Waals surface area (Å²) in [6.45, 7) is 1.62. The third kappa shape index (κ3) is 3.64. The maximum absolute atomic E-state index is 4.62. The SMILES string of the molecule is CN=C(NCc1cn2ccsc2n1)NCC1(c2cccs2)CCCCC1. The van der Waals surface area contributed by atoms with Gasteiger partial charge in [-0.15, -0.1) is 22.7 Å². The van der Waals surface area contributed by atoms with Crippen molar-refractivity contribution in [2.75, 3.05) is 13.6 Å². The number of fused-ring (bicyclic) bond motifs is 1. The maximum Gasteiger partial charge on any atom is 0.193 e. The Morgan fingerprint density at radius 3 is 2.85 bits per heavy atom. The smallest absolute Gasteiger partial charge is 0.193 e. The standard InChI is InChI=1S/C19H25N5S2/c1-20-17(21-12-15-13-24-9-11-26-18(24)23-15)22-14-19(7-3-2-4-8-19)16-6-5-10-25-16/h5-6,9-11,13H,2-4,7-8,12,14H2,1H3,(H2,20,21,22). The summed E-state index contributed by atoms with van der Waals surface area (Å²) in [5.74, 6) is 0.850. The quantitative estimate of drug-likeness (QED) is 0.513. The lowest BCUT2D eigenvalue weighted by Gasteiger charge is -2.37. The predicted octanol–water partition coefficient (Wildman–Crippen LogP) is 4.02. The van der Waals surface area contributed by atoms with E-state index in [9.17, 15) is 0 Å². The van der Waals surface area contributed by atoms with E-state index in [1.807, 2.05) is 30.0 Å². The van der Waals surface area contributed by atoms with Gasteiger partial charge in [-0.2, -0.15) is 0 Å². The number of nitrogens with zero attached hydrogens (tertiary/aromatic N) is 3. The molecule has 1 aliphatic rings. The number of guanidine groups is 1. The molecule has 0 atom stereocenters. The molecule has 5 nitrogen and oxygen atoms in total. The highest BCUT2D eigenvalue weighted by Gasteiger charge is 2.34. The van der Waals surface area contributed by atoms with Gasteiger partial charge in [-0.1, -0.05) is 25.3 Å². The highest BCUT2D eigenvalue weighted by atomic mass is 32.1. The molecule has 3 heterocycles. The lowest BCUT2D eigenvalue weighted by atomic mass is 9.73. The van der Waals surface area contributed by atoms with E-state index in [1.165, 1.54) is 37.0 Å². The molecule has 0 spiro atoms. The Balaban J connectivity index is 1.38. The van der Waals surface area contributed by atoms with Crippen LogP contribution in [-0.4, -0.2) is 28.9 Å². The number of hydrogen-bond donors (Lipinski definition) is 2. The fourth-order valence-electron chi connectivity index (χ4n) is 3.83. The van der Waals surface area contributed by atoms with Crippen molar-refractivity contribution >= 4 is 33.6 Å². The molecule has 0 aliphatic heterocycles. The summed E-state index contributed by atoms with van der Waals surface area (Å²) in [5.41, 5.74) is 1.28. The summed E-state index contributed by atoms with van der Waals surface area (Å²) in [4.78, 5) is 11.6. The van der Waals surface area contributed by atoms with Crippen LogP contribution in [0.1, 0.15) is 42.7 Å². The molecule has 0 bridgehead atoms. The topological polar surface area (TPSA) is 53.7 Å². The van der Waals surface area contributed by atoms with Gasteiger partial charge in [-0.25, -0.2) is 4.98 Å². The zero-order valence-corrected chi connectivity index (χ0v) is 16.7. The summed E-state index contributed by atoms with van der Waals surface area (Å²) in [7, 11) is 1.83. The number of thiophene rings is 1. The number of hydrogen-bond acceptors (Lipinski definition) is 4. The van der Waals surface area contributed by atoms with Crippen molar-refractivity contribution < 1.29 is 0 Å². The number of thiazole rings is 1. The van der Waals surface area contributed by atoms with E-state index in [-0.39, 0.29) is 5.41 Å². The molecule has 4 rings (SSSR count). The molecular formula is C19H25N5S2. The molecule has 0 aromatic carbocycles. The minimum absolute atomic E-state index is 0.251. The molecule has 1 saturated carbocycles. The van der Waals surface area contributed by atoms with Crippen molar-refractivity contribution in [3.8, 4) is 0 Å². The van der Waals surface area contributed by atoms with Crippen LogP contribution in [0.5, 0.6) is 0 Å². The summed E-state index contributed by atoms with van der Waals surface area (Å²) in [6.07, 6.45) is 10.6. The van der Waals surface area contributed by atoms with E-state index in [0.29, 0.717) is 6.54 Å². The van der Waals surface area contributed by atoms with Gasteiger partial charge in [0.1, 0.15) is 0 Å². The van der Waals surface area contributed by atoms with Crippen molar-refractivity contribution in [1.29, 1.82) is 0 Å². The van der Waals surface area contributed by atoms with Gasteiger partial charge in [0.05, 0.1) is 12.2 Å². The van der Waals surface area contributed by atoms with Gasteiger partial charge in [0.25, 0.3) is 0 Å². The van der Waals surface area contributed by atoms with Crippen molar-refractivity contribution in [3.63, 3.8) is 0 Å². The summed E-state index contributed by atoms with van der Waals surface area (Å²) < 4.78 is 2.06. The van der Waals surface area contributed by atoms with Crippen LogP contribution in [0.4, 0.5) is 0 Å². The van der Waals surface area contributed by atoms with E-state index in [4.69, 9.17) is 0 Å². The Bertz CT molecular complexity index is 827. The van der Waals surface area contributed by atoms with Crippen LogP contribution in [0.25, 0.3) is 4.96 Å². The van der Waals surface area contributed by atoms with Gasteiger partial charge in [-0.3, -0.25) is 9.39 Å². The molecule has 3 aromatic heterocycles. The van der Waals surface area contributed by atoms with Gasteiger partial charge in [0.2, 0.25) is 0 Å². The average molecular weight is 388 g/mol. The number of aromatic nitrogens is 2. The summed E-state index contributed by atoms with van der Waals surface area (Å²) in [5, 5.41) is 11.2. The molecule has 1 aliphatic carbocycles. The van der Waals surface area contributed by atoms with Crippen LogP contribution >= 0.6 is 22.7 Å². The van der Waals surface area contributed by atoms with Gasteiger partial charge in [0.15, 0.2) is 10.9 Å². The van der Waals surface area contributed by atoms with Crippen LogP contribution in [0.3, 0.4) is 0 Å². The van der Waals surface area contributed by atoms with Crippen LogP contribution in [0.2, 0.25) is 0 Å². The largest absolute Gasteiger partial charge is 0.355 e. The normalized spacial score (nSPS) is 17.5. The Kier molecular flexibility index (Phi) is 5.26. The molecule has 0 radical (unpaired) electrons. The second-order valence-corrected chi connectivity index (χ2v) is 8.74. The first kappa shape index (κ1) is 17.5. The highest BCUT2D eigenvalue weighted by molar-refractivity contribution is 7.15. The molecule has 0 amide bonds. The van der Waals surface area contributed by atoms with E-state index in [0.717, 1.165) is 23.2 Å². The average Bonchev–Trinajstić information content (AvgIpc) is 3.40. The van der Waals surface area contributed by atoms with E-state index in [1.54, 1.807) is 11.3 Å². The van der Waals surface area contributed by atoms with E-state index in [2.05, 4.69) is 48.7 Å². The van der Waals surface area contributed by atoms with Crippen LogP contribution in [-0.2, 0) is 12.0 Å². The first-order valence-electron chi connectivity index (χ1n) is 9.19. The Hall–Kier alpha value is -1.86.